The minimum Gasteiger partial charge on any atom is -0.382 e. The fourth-order valence-electron chi connectivity index (χ4n) is 8.31. The Hall–Kier alpha value is -5.42. The first kappa shape index (κ1) is 48.5. The van der Waals surface area contributed by atoms with E-state index in [0.717, 1.165) is 30.8 Å². The summed E-state index contributed by atoms with van der Waals surface area (Å²) in [7, 11) is 0. The van der Waals surface area contributed by atoms with Gasteiger partial charge in [-0.3, -0.25) is 39.0 Å². The Morgan fingerprint density at radius 3 is 2.32 bits per heavy atom. The number of halogens is 1. The van der Waals surface area contributed by atoms with Crippen molar-refractivity contribution in [1.82, 2.24) is 25.5 Å². The highest BCUT2D eigenvalue weighted by molar-refractivity contribution is 7.99. The molecule has 1 spiro atoms. The molecule has 2 aromatic carbocycles. The van der Waals surface area contributed by atoms with Gasteiger partial charge in [0.2, 0.25) is 23.6 Å². The van der Waals surface area contributed by atoms with Crippen LogP contribution >= 0.6 is 23.4 Å². The number of hydrogen-bond donors (Lipinski definition) is 6. The van der Waals surface area contributed by atoms with Crippen LogP contribution in [0.4, 0.5) is 23.0 Å². The number of carbonyl (C=O) groups excluding carboxylic acids is 6. The van der Waals surface area contributed by atoms with Crippen LogP contribution in [-0.4, -0.2) is 141 Å². The molecule has 0 aliphatic carbocycles. The topological polar surface area (TPSA) is 272 Å². The maximum Gasteiger partial charge on any atom is 0.264 e. The number of ether oxygens (including phenoxy) is 4. The van der Waals surface area contributed by atoms with Crippen LogP contribution in [0.1, 0.15) is 66.2 Å². The molecule has 3 aromatic rings. The highest BCUT2D eigenvalue weighted by Crippen LogP contribution is 2.43. The van der Waals surface area contributed by atoms with Gasteiger partial charge in [0, 0.05) is 67.5 Å². The van der Waals surface area contributed by atoms with Crippen molar-refractivity contribution in [2.24, 2.45) is 11.1 Å². The summed E-state index contributed by atoms with van der Waals surface area (Å²) < 4.78 is 22.5. The third-order valence-corrected chi connectivity index (χ3v) is 13.6. The van der Waals surface area contributed by atoms with Gasteiger partial charge in [0.05, 0.1) is 80.4 Å². The molecule has 0 saturated carbocycles. The molecule has 7 rings (SSSR count). The van der Waals surface area contributed by atoms with Crippen LogP contribution in [0.15, 0.2) is 52.5 Å². The smallest absolute Gasteiger partial charge is 0.264 e. The molecule has 66 heavy (non-hydrogen) atoms. The van der Waals surface area contributed by atoms with Gasteiger partial charge in [0.25, 0.3) is 11.8 Å². The highest BCUT2D eigenvalue weighted by Gasteiger charge is 2.48. The second-order valence-corrected chi connectivity index (χ2v) is 17.8. The van der Waals surface area contributed by atoms with E-state index in [4.69, 9.17) is 42.0 Å². The number of piperidine rings is 2. The zero-order valence-corrected chi connectivity index (χ0v) is 38.2. The molecule has 3 unspecified atom stereocenters. The van der Waals surface area contributed by atoms with E-state index in [1.807, 2.05) is 6.92 Å². The number of benzene rings is 2. The van der Waals surface area contributed by atoms with E-state index in [9.17, 15) is 28.8 Å². The molecule has 22 heteroatoms. The fraction of sp³-hybridized carbons (Fsp3) is 0.500. The molecule has 1 aromatic heterocycles. The lowest BCUT2D eigenvalue weighted by molar-refractivity contribution is -0.136. The predicted molar refractivity (Wildman–Crippen MR) is 244 cm³/mol. The third kappa shape index (κ3) is 11.6. The number of imide groups is 2. The lowest BCUT2D eigenvalue weighted by Gasteiger charge is -2.41. The summed E-state index contributed by atoms with van der Waals surface area (Å²) in [6.07, 6.45) is 3.62. The van der Waals surface area contributed by atoms with Gasteiger partial charge >= 0.3 is 0 Å². The lowest BCUT2D eigenvalue weighted by atomic mass is 9.73. The van der Waals surface area contributed by atoms with E-state index < -0.39 is 29.7 Å². The number of rotatable bonds is 21. The van der Waals surface area contributed by atoms with Crippen LogP contribution in [0.3, 0.4) is 0 Å². The van der Waals surface area contributed by atoms with Crippen LogP contribution in [0.5, 0.6) is 0 Å². The molecular formula is C44H55ClN10O10S. The first-order valence-corrected chi connectivity index (χ1v) is 23.1. The number of fused-ring (bicyclic) bond motifs is 1. The molecular weight excluding hydrogens is 896 g/mol. The van der Waals surface area contributed by atoms with Crippen molar-refractivity contribution in [3.63, 3.8) is 0 Å². The van der Waals surface area contributed by atoms with Crippen molar-refractivity contribution in [3.8, 4) is 0 Å². The molecule has 0 bridgehead atoms. The van der Waals surface area contributed by atoms with E-state index in [1.165, 1.54) is 17.8 Å². The molecule has 0 radical (unpaired) electrons. The Bertz CT molecular complexity index is 2300. The average molecular weight is 952 g/mol. The van der Waals surface area contributed by atoms with Gasteiger partial charge in [-0.1, -0.05) is 35.5 Å². The standard InChI is InChI=1S/C44H55ClN10O10S/c1-26-38(46)44(25-65-26)12-16-54(17-13-44)32-24-50-41(39(47)52-32)66-31-7-3-6-29(37(31)45)51-34(57)11-10-33(56)49-15-19-63-21-23-64-22-20-62-18-14-48-28-5-2-4-27-36(28)43(61)55(42(27)60)30-8-9-35(58)53-40(30)59/h2-7,24,26,30,38,48H,8-23,25,46H2,1H3,(H2,47,52)(H,49,56)(H,51,57)(H,53,58,59). The van der Waals surface area contributed by atoms with Crippen molar-refractivity contribution in [2.75, 3.05) is 93.7 Å². The Morgan fingerprint density at radius 1 is 0.939 bits per heavy atom. The Balaban J connectivity index is 0.713. The highest BCUT2D eigenvalue weighted by atomic mass is 35.5. The molecule has 3 atom stereocenters. The maximum absolute atomic E-state index is 13.2. The Labute approximate surface area is 390 Å². The monoisotopic (exact) mass is 950 g/mol. The molecule has 3 fully saturated rings. The van der Waals surface area contributed by atoms with Crippen LogP contribution < -0.4 is 37.6 Å². The van der Waals surface area contributed by atoms with Gasteiger partial charge in [-0.2, -0.15) is 0 Å². The largest absolute Gasteiger partial charge is 0.382 e. The molecule has 8 N–H and O–H groups in total. The fourth-order valence-corrected chi connectivity index (χ4v) is 9.41. The second-order valence-electron chi connectivity index (χ2n) is 16.4. The van der Waals surface area contributed by atoms with Crippen LogP contribution in [-0.2, 0) is 38.1 Å². The molecule has 5 heterocycles. The van der Waals surface area contributed by atoms with Gasteiger partial charge < -0.3 is 51.3 Å². The summed E-state index contributed by atoms with van der Waals surface area (Å²) >= 11 is 7.93. The molecule has 3 saturated heterocycles. The van der Waals surface area contributed by atoms with Crippen molar-refractivity contribution in [3.05, 3.63) is 58.7 Å². The number of nitrogens with zero attached hydrogens (tertiary/aromatic N) is 4. The average Bonchev–Trinajstić information content (AvgIpc) is 3.72. The molecule has 4 aliphatic rings. The first-order valence-electron chi connectivity index (χ1n) is 21.9. The molecule has 20 nitrogen and oxygen atoms in total. The maximum atomic E-state index is 13.2. The van der Waals surface area contributed by atoms with Crippen molar-refractivity contribution in [2.45, 2.75) is 73.6 Å². The van der Waals surface area contributed by atoms with Gasteiger partial charge in [-0.05, 0) is 50.5 Å². The molecule has 6 amide bonds. The van der Waals surface area contributed by atoms with Crippen LogP contribution in [0.2, 0.25) is 5.02 Å². The van der Waals surface area contributed by atoms with E-state index in [2.05, 4.69) is 36.1 Å². The summed E-state index contributed by atoms with van der Waals surface area (Å²) in [5, 5.41) is 11.6. The van der Waals surface area contributed by atoms with E-state index >= 15 is 0 Å². The SMILES string of the molecule is CC1OCC2(CCN(c3cnc(Sc4cccc(NC(=O)CCC(=O)NCCOCCOCCOCCNc5cccc6c5C(=O)N(C5CCC(=O)NC5=O)C6=O)c4Cl)c(N)n3)CC2)C1N. The number of nitrogens with two attached hydrogens (primary N) is 2. The Morgan fingerprint density at radius 2 is 1.62 bits per heavy atom. The third-order valence-electron chi connectivity index (χ3n) is 12.0. The van der Waals surface area contributed by atoms with Crippen molar-refractivity contribution >= 4 is 81.8 Å². The van der Waals surface area contributed by atoms with Gasteiger partial charge in [0.1, 0.15) is 16.9 Å². The number of anilines is 4. The van der Waals surface area contributed by atoms with Crippen LogP contribution in [0.25, 0.3) is 0 Å². The van der Waals surface area contributed by atoms with Crippen molar-refractivity contribution < 1.29 is 47.7 Å². The normalized spacial score (nSPS) is 20.1. The lowest BCUT2D eigenvalue weighted by Crippen LogP contribution is -2.54. The molecule has 4 aliphatic heterocycles. The number of nitrogen functional groups attached to an aromatic ring is 1. The predicted octanol–water partition coefficient (Wildman–Crippen LogP) is 2.59. The number of nitrogens with one attached hydrogen (secondary N) is 4. The summed E-state index contributed by atoms with van der Waals surface area (Å²) in [5.74, 6) is -1.96. The zero-order valence-electron chi connectivity index (χ0n) is 36.6. The first-order chi connectivity index (χ1) is 31.8. The second kappa shape index (κ2) is 22.4. The number of amides is 6. The number of carbonyl (C=O) groups is 6. The van der Waals surface area contributed by atoms with Gasteiger partial charge in [-0.15, -0.1) is 0 Å². The summed E-state index contributed by atoms with van der Waals surface area (Å²) in [6.45, 7) is 6.66. The quantitative estimate of drug-likeness (QED) is 0.0662. The zero-order chi connectivity index (χ0) is 46.8. The van der Waals surface area contributed by atoms with Crippen molar-refractivity contribution in [1.29, 1.82) is 0 Å². The summed E-state index contributed by atoms with van der Waals surface area (Å²) in [5.41, 5.74) is 14.0. The van der Waals surface area contributed by atoms with Gasteiger partial charge in [-0.25, -0.2) is 9.97 Å². The minimum atomic E-state index is -1.04. The van der Waals surface area contributed by atoms with E-state index in [0.29, 0.717) is 78.3 Å². The van der Waals surface area contributed by atoms with Crippen LogP contribution in [0, 0.1) is 5.41 Å². The molecule has 354 valence electrons. The van der Waals surface area contributed by atoms with Gasteiger partial charge in [0.15, 0.2) is 5.82 Å². The van der Waals surface area contributed by atoms with E-state index in [-0.39, 0.29) is 85.2 Å². The van der Waals surface area contributed by atoms with E-state index in [1.54, 1.807) is 36.5 Å². The number of hydrogen-bond acceptors (Lipinski definition) is 17. The summed E-state index contributed by atoms with van der Waals surface area (Å²) in [6, 6.07) is 9.07. The minimum absolute atomic E-state index is 0.00737. The number of aromatic nitrogens is 2. The summed E-state index contributed by atoms with van der Waals surface area (Å²) in [4.78, 5) is 88.2. The Kier molecular flexibility index (Phi) is 16.4.